The highest BCUT2D eigenvalue weighted by molar-refractivity contribution is 6.00. The van der Waals surface area contributed by atoms with E-state index in [0.29, 0.717) is 34.0 Å². The highest BCUT2D eigenvalue weighted by Crippen LogP contribution is 2.28. The van der Waals surface area contributed by atoms with Crippen molar-refractivity contribution in [3.63, 3.8) is 0 Å². The minimum absolute atomic E-state index is 0.256. The van der Waals surface area contributed by atoms with Crippen LogP contribution >= 0.6 is 0 Å². The van der Waals surface area contributed by atoms with E-state index in [9.17, 15) is 9.59 Å². The molecule has 4 aromatic rings. The van der Waals surface area contributed by atoms with Gasteiger partial charge in [0.05, 0.1) is 23.9 Å². The van der Waals surface area contributed by atoms with Gasteiger partial charge in [0.15, 0.2) is 11.7 Å². The Kier molecular flexibility index (Phi) is 5.66. The maximum Gasteiger partial charge on any atom is 0.339 e. The third-order valence-electron chi connectivity index (χ3n) is 4.69. The molecular weight excluding hydrogens is 396 g/mol. The summed E-state index contributed by atoms with van der Waals surface area (Å²) < 4.78 is 16.4. The zero-order valence-electron chi connectivity index (χ0n) is 17.0. The lowest BCUT2D eigenvalue weighted by atomic mass is 10.1. The van der Waals surface area contributed by atoms with Crippen LogP contribution in [0, 0.1) is 0 Å². The molecule has 0 aliphatic heterocycles. The summed E-state index contributed by atoms with van der Waals surface area (Å²) in [4.78, 5) is 29.8. The summed E-state index contributed by atoms with van der Waals surface area (Å²) in [5.41, 5.74) is 2.53. The molecule has 1 N–H and O–H groups in total. The highest BCUT2D eigenvalue weighted by atomic mass is 16.5. The van der Waals surface area contributed by atoms with Gasteiger partial charge in [-0.15, -0.1) is 0 Å². The third kappa shape index (κ3) is 4.25. The summed E-state index contributed by atoms with van der Waals surface area (Å²) in [7, 11) is 1.51. The fraction of sp³-hybridized carbons (Fsp3) is 0.125. The van der Waals surface area contributed by atoms with E-state index < -0.39 is 18.0 Å². The van der Waals surface area contributed by atoms with Gasteiger partial charge in [-0.2, -0.15) is 0 Å². The number of hydrogen-bond acceptors (Lipinski definition) is 6. The molecule has 1 amide bonds. The van der Waals surface area contributed by atoms with Crippen LogP contribution < -0.4 is 10.1 Å². The van der Waals surface area contributed by atoms with Gasteiger partial charge in [-0.25, -0.2) is 9.78 Å². The molecule has 31 heavy (non-hydrogen) atoms. The van der Waals surface area contributed by atoms with E-state index >= 15 is 0 Å². The number of esters is 1. The van der Waals surface area contributed by atoms with Gasteiger partial charge in [0, 0.05) is 0 Å². The predicted octanol–water partition coefficient (Wildman–Crippen LogP) is 4.69. The second-order valence-electron chi connectivity index (χ2n) is 6.77. The summed E-state index contributed by atoms with van der Waals surface area (Å²) >= 11 is 0. The second kappa shape index (κ2) is 8.71. The SMILES string of the molecule is COc1ccccc1NC(=O)C(C)OC(=O)c1ccccc1-c1nc2ccccc2o1. The first-order valence-electron chi connectivity index (χ1n) is 9.66. The molecule has 1 aromatic heterocycles. The topological polar surface area (TPSA) is 90.7 Å². The van der Waals surface area contributed by atoms with Crippen LogP contribution in [0.5, 0.6) is 5.75 Å². The lowest BCUT2D eigenvalue weighted by molar-refractivity contribution is -0.123. The van der Waals surface area contributed by atoms with Crippen LogP contribution in [0.3, 0.4) is 0 Å². The lowest BCUT2D eigenvalue weighted by Crippen LogP contribution is -2.30. The molecule has 3 aromatic carbocycles. The third-order valence-corrected chi connectivity index (χ3v) is 4.69. The second-order valence-corrected chi connectivity index (χ2v) is 6.77. The zero-order chi connectivity index (χ0) is 21.8. The van der Waals surface area contributed by atoms with Crippen LogP contribution in [-0.2, 0) is 9.53 Å². The molecule has 4 rings (SSSR count). The Bertz CT molecular complexity index is 1210. The molecule has 7 heteroatoms. The number of oxazole rings is 1. The van der Waals surface area contributed by atoms with Crippen molar-refractivity contribution < 1.29 is 23.5 Å². The van der Waals surface area contributed by atoms with Crippen LogP contribution in [0.1, 0.15) is 17.3 Å². The Morgan fingerprint density at radius 2 is 1.68 bits per heavy atom. The molecule has 1 heterocycles. The van der Waals surface area contributed by atoms with Gasteiger partial charge in [0.25, 0.3) is 5.91 Å². The number of ether oxygens (including phenoxy) is 2. The van der Waals surface area contributed by atoms with Crippen LogP contribution in [0.15, 0.2) is 77.2 Å². The van der Waals surface area contributed by atoms with E-state index in [-0.39, 0.29) is 5.56 Å². The maximum absolute atomic E-state index is 12.8. The van der Waals surface area contributed by atoms with Crippen molar-refractivity contribution in [1.82, 2.24) is 4.98 Å². The van der Waals surface area contributed by atoms with Gasteiger partial charge in [0.1, 0.15) is 11.3 Å². The summed E-state index contributed by atoms with van der Waals surface area (Å²) in [6, 6.07) is 21.1. The number of nitrogens with one attached hydrogen (secondary N) is 1. The van der Waals surface area contributed by atoms with Crippen molar-refractivity contribution in [3.05, 3.63) is 78.4 Å². The molecule has 7 nitrogen and oxygen atoms in total. The summed E-state index contributed by atoms with van der Waals surface area (Å²) in [6.07, 6.45) is -1.03. The van der Waals surface area contributed by atoms with Crippen molar-refractivity contribution in [1.29, 1.82) is 0 Å². The number of benzene rings is 3. The van der Waals surface area contributed by atoms with Gasteiger partial charge >= 0.3 is 5.97 Å². The Morgan fingerprint density at radius 1 is 0.968 bits per heavy atom. The number of aromatic nitrogens is 1. The molecule has 156 valence electrons. The fourth-order valence-electron chi connectivity index (χ4n) is 3.09. The van der Waals surface area contributed by atoms with Crippen LogP contribution in [0.4, 0.5) is 5.69 Å². The number of carbonyl (C=O) groups is 2. The van der Waals surface area contributed by atoms with Crippen LogP contribution in [-0.4, -0.2) is 30.1 Å². The minimum atomic E-state index is -1.03. The first kappa shape index (κ1) is 20.2. The number of para-hydroxylation sites is 4. The van der Waals surface area contributed by atoms with E-state index in [2.05, 4.69) is 10.3 Å². The molecule has 1 atom stereocenters. The van der Waals surface area contributed by atoms with E-state index in [1.165, 1.54) is 14.0 Å². The first-order valence-corrected chi connectivity index (χ1v) is 9.66. The Labute approximate surface area is 178 Å². The minimum Gasteiger partial charge on any atom is -0.495 e. The molecular formula is C24H20N2O5. The molecule has 0 radical (unpaired) electrons. The standard InChI is InChI=1S/C24H20N2O5/c1-15(22(27)25-18-11-5-7-13-20(18)29-2)30-24(28)17-10-4-3-9-16(17)23-26-19-12-6-8-14-21(19)31-23/h3-15H,1-2H3,(H,25,27). The van der Waals surface area contributed by atoms with Crippen molar-refractivity contribution in [2.45, 2.75) is 13.0 Å². The first-order chi connectivity index (χ1) is 15.1. The number of fused-ring (bicyclic) bond motifs is 1. The van der Waals surface area contributed by atoms with E-state index in [1.54, 1.807) is 54.6 Å². The maximum atomic E-state index is 12.8. The number of carbonyl (C=O) groups excluding carboxylic acids is 2. The average Bonchev–Trinajstić information content (AvgIpc) is 3.23. The fourth-order valence-corrected chi connectivity index (χ4v) is 3.09. The van der Waals surface area contributed by atoms with Gasteiger partial charge in [-0.1, -0.05) is 36.4 Å². The quantitative estimate of drug-likeness (QED) is 0.459. The Hall–Kier alpha value is -4.13. The molecule has 0 bridgehead atoms. The number of nitrogens with zero attached hydrogens (tertiary/aromatic N) is 1. The molecule has 0 saturated heterocycles. The largest absolute Gasteiger partial charge is 0.495 e. The molecule has 1 unspecified atom stereocenters. The molecule has 0 spiro atoms. The van der Waals surface area contributed by atoms with Crippen molar-refractivity contribution >= 4 is 28.7 Å². The van der Waals surface area contributed by atoms with Crippen LogP contribution in [0.2, 0.25) is 0 Å². The number of methoxy groups -OCH3 is 1. The number of anilines is 1. The van der Waals surface area contributed by atoms with E-state index in [4.69, 9.17) is 13.9 Å². The highest BCUT2D eigenvalue weighted by Gasteiger charge is 2.23. The lowest BCUT2D eigenvalue weighted by Gasteiger charge is -2.15. The van der Waals surface area contributed by atoms with Crippen molar-refractivity contribution in [3.8, 4) is 17.2 Å². The summed E-state index contributed by atoms with van der Waals surface area (Å²) in [6.45, 7) is 1.50. The molecule has 0 aliphatic rings. The smallest absolute Gasteiger partial charge is 0.339 e. The molecule has 0 fully saturated rings. The number of hydrogen-bond donors (Lipinski definition) is 1. The zero-order valence-corrected chi connectivity index (χ0v) is 17.0. The number of amides is 1. The summed E-state index contributed by atoms with van der Waals surface area (Å²) in [5, 5.41) is 2.71. The Balaban J connectivity index is 1.53. The predicted molar refractivity (Wildman–Crippen MR) is 116 cm³/mol. The summed E-state index contributed by atoms with van der Waals surface area (Å²) in [5.74, 6) is -0.312. The van der Waals surface area contributed by atoms with Gasteiger partial charge in [-0.05, 0) is 43.3 Å². The Morgan fingerprint density at radius 3 is 2.48 bits per heavy atom. The van der Waals surface area contributed by atoms with Crippen LogP contribution in [0.25, 0.3) is 22.6 Å². The number of rotatable bonds is 6. The molecule has 0 saturated carbocycles. The average molecular weight is 416 g/mol. The van der Waals surface area contributed by atoms with Crippen molar-refractivity contribution in [2.75, 3.05) is 12.4 Å². The molecule has 0 aliphatic carbocycles. The normalized spacial score (nSPS) is 11.7. The van der Waals surface area contributed by atoms with Crippen molar-refractivity contribution in [2.24, 2.45) is 0 Å². The monoisotopic (exact) mass is 416 g/mol. The van der Waals surface area contributed by atoms with E-state index in [1.807, 2.05) is 18.2 Å². The van der Waals surface area contributed by atoms with Gasteiger partial charge in [0.2, 0.25) is 5.89 Å². The van der Waals surface area contributed by atoms with Gasteiger partial charge < -0.3 is 19.2 Å². The van der Waals surface area contributed by atoms with E-state index in [0.717, 1.165) is 0 Å². The van der Waals surface area contributed by atoms with Gasteiger partial charge in [-0.3, -0.25) is 4.79 Å².